The Morgan fingerprint density at radius 3 is 2.50 bits per heavy atom. The molecule has 160 valence electrons. The Morgan fingerprint density at radius 1 is 0.938 bits per heavy atom. The van der Waals surface area contributed by atoms with Gasteiger partial charge >= 0.3 is 0 Å². The molecule has 3 heterocycles. The van der Waals surface area contributed by atoms with Gasteiger partial charge in [-0.3, -0.25) is 14.6 Å². The SMILES string of the molecule is C[C@H]1CN(C(=O)c2ccc(-c3ccccn3)cc2)CCN1C(=O)c1ccc2cc[nH]c2c1. The fraction of sp³-hybridized carbons (Fsp3) is 0.192. The molecule has 0 radical (unpaired) electrons. The first kappa shape index (κ1) is 20.0. The molecular formula is C26H24N4O2. The number of aromatic nitrogens is 2. The highest BCUT2D eigenvalue weighted by Crippen LogP contribution is 2.21. The van der Waals surface area contributed by atoms with Gasteiger partial charge in [-0.05, 0) is 54.8 Å². The van der Waals surface area contributed by atoms with E-state index in [1.54, 1.807) is 6.20 Å². The molecule has 0 bridgehead atoms. The fourth-order valence-corrected chi connectivity index (χ4v) is 4.29. The molecule has 5 rings (SSSR count). The number of hydrogen-bond donors (Lipinski definition) is 1. The lowest BCUT2D eigenvalue weighted by Crippen LogP contribution is -2.55. The molecule has 0 aliphatic carbocycles. The Bertz CT molecular complexity index is 1260. The van der Waals surface area contributed by atoms with Crippen LogP contribution in [-0.4, -0.2) is 57.3 Å². The number of pyridine rings is 1. The van der Waals surface area contributed by atoms with Crippen LogP contribution in [0.25, 0.3) is 22.2 Å². The zero-order chi connectivity index (χ0) is 22.1. The lowest BCUT2D eigenvalue weighted by atomic mass is 10.1. The van der Waals surface area contributed by atoms with Gasteiger partial charge < -0.3 is 14.8 Å². The molecule has 1 aliphatic rings. The number of nitrogens with one attached hydrogen (secondary N) is 1. The summed E-state index contributed by atoms with van der Waals surface area (Å²) in [6.45, 7) is 3.54. The van der Waals surface area contributed by atoms with Crippen LogP contribution in [-0.2, 0) is 0 Å². The summed E-state index contributed by atoms with van der Waals surface area (Å²) in [5, 5.41) is 1.08. The Balaban J connectivity index is 1.26. The predicted octanol–water partition coefficient (Wildman–Crippen LogP) is 4.22. The van der Waals surface area contributed by atoms with Gasteiger partial charge in [0.15, 0.2) is 0 Å². The highest BCUT2D eigenvalue weighted by Gasteiger charge is 2.30. The van der Waals surface area contributed by atoms with Crippen molar-refractivity contribution in [1.29, 1.82) is 0 Å². The fourth-order valence-electron chi connectivity index (χ4n) is 4.29. The molecule has 6 nitrogen and oxygen atoms in total. The number of amides is 2. The molecule has 1 fully saturated rings. The van der Waals surface area contributed by atoms with Gasteiger partial charge in [-0.1, -0.05) is 24.3 Å². The third kappa shape index (κ3) is 3.75. The third-order valence-corrected chi connectivity index (χ3v) is 6.07. The summed E-state index contributed by atoms with van der Waals surface area (Å²) in [5.74, 6) is -0.00913. The van der Waals surface area contributed by atoms with Gasteiger partial charge in [0.25, 0.3) is 11.8 Å². The van der Waals surface area contributed by atoms with Crippen molar-refractivity contribution >= 4 is 22.7 Å². The second kappa shape index (κ2) is 8.30. The molecule has 1 aliphatic heterocycles. The van der Waals surface area contributed by atoms with Crippen LogP contribution in [0.5, 0.6) is 0 Å². The molecule has 0 saturated carbocycles. The van der Waals surface area contributed by atoms with Crippen molar-refractivity contribution in [3.63, 3.8) is 0 Å². The zero-order valence-corrected chi connectivity index (χ0v) is 17.9. The summed E-state index contributed by atoms with van der Waals surface area (Å²) in [4.78, 5) is 37.4. The first-order valence-electron chi connectivity index (χ1n) is 10.8. The second-order valence-corrected chi connectivity index (χ2v) is 8.17. The lowest BCUT2D eigenvalue weighted by molar-refractivity contribution is 0.0414. The molecular weight excluding hydrogens is 400 g/mol. The molecule has 32 heavy (non-hydrogen) atoms. The van der Waals surface area contributed by atoms with E-state index in [4.69, 9.17) is 0 Å². The normalized spacial score (nSPS) is 16.3. The van der Waals surface area contributed by atoms with E-state index in [1.807, 2.05) is 89.7 Å². The molecule has 1 N–H and O–H groups in total. The number of carbonyl (C=O) groups excluding carboxylic acids is 2. The van der Waals surface area contributed by atoms with Gasteiger partial charge in [-0.2, -0.15) is 0 Å². The van der Waals surface area contributed by atoms with Crippen molar-refractivity contribution in [2.24, 2.45) is 0 Å². The van der Waals surface area contributed by atoms with E-state index in [0.29, 0.717) is 30.8 Å². The first-order valence-corrected chi connectivity index (χ1v) is 10.8. The van der Waals surface area contributed by atoms with Crippen LogP contribution in [0.3, 0.4) is 0 Å². The number of carbonyl (C=O) groups is 2. The summed E-state index contributed by atoms with van der Waals surface area (Å²) in [7, 11) is 0. The summed E-state index contributed by atoms with van der Waals surface area (Å²) < 4.78 is 0. The number of aromatic amines is 1. The monoisotopic (exact) mass is 424 g/mol. The standard InChI is InChI=1S/C26H24N4O2/c1-18-17-29(25(31)21-8-5-19(6-9-21)23-4-2-3-12-27-23)14-15-30(18)26(32)22-10-7-20-11-13-28-24(20)16-22/h2-13,16,18,28H,14-15,17H2,1H3/t18-/m0/s1. The minimum atomic E-state index is -0.0627. The average molecular weight is 425 g/mol. The van der Waals surface area contributed by atoms with E-state index in [9.17, 15) is 9.59 Å². The highest BCUT2D eigenvalue weighted by atomic mass is 16.2. The number of benzene rings is 2. The Hall–Kier alpha value is -3.93. The van der Waals surface area contributed by atoms with Crippen molar-refractivity contribution in [2.45, 2.75) is 13.0 Å². The molecule has 2 aromatic carbocycles. The van der Waals surface area contributed by atoms with Gasteiger partial charge in [-0.15, -0.1) is 0 Å². The number of nitrogens with zero attached hydrogens (tertiary/aromatic N) is 3. The number of H-pyrrole nitrogens is 1. The quantitative estimate of drug-likeness (QED) is 0.535. The van der Waals surface area contributed by atoms with E-state index < -0.39 is 0 Å². The molecule has 0 unspecified atom stereocenters. The molecule has 1 atom stereocenters. The van der Waals surface area contributed by atoms with Gasteiger partial charge in [-0.25, -0.2) is 0 Å². The van der Waals surface area contributed by atoms with Gasteiger partial charge in [0.2, 0.25) is 0 Å². The van der Waals surface area contributed by atoms with Crippen LogP contribution < -0.4 is 0 Å². The van der Waals surface area contributed by atoms with E-state index >= 15 is 0 Å². The average Bonchev–Trinajstić information content (AvgIpc) is 3.32. The van der Waals surface area contributed by atoms with Crippen LogP contribution in [0.1, 0.15) is 27.6 Å². The predicted molar refractivity (Wildman–Crippen MR) is 124 cm³/mol. The number of hydrogen-bond acceptors (Lipinski definition) is 3. The van der Waals surface area contributed by atoms with E-state index in [0.717, 1.165) is 22.2 Å². The Morgan fingerprint density at radius 2 is 1.75 bits per heavy atom. The molecule has 1 saturated heterocycles. The van der Waals surface area contributed by atoms with Crippen molar-refractivity contribution in [3.05, 3.63) is 90.3 Å². The third-order valence-electron chi connectivity index (χ3n) is 6.07. The molecule has 6 heteroatoms. The Kier molecular flexibility index (Phi) is 5.19. The van der Waals surface area contributed by atoms with Crippen LogP contribution in [0.2, 0.25) is 0 Å². The number of piperazine rings is 1. The van der Waals surface area contributed by atoms with Gasteiger partial charge in [0, 0.05) is 60.3 Å². The summed E-state index contributed by atoms with van der Waals surface area (Å²) in [6, 6.07) is 21.0. The van der Waals surface area contributed by atoms with Crippen LogP contribution in [0.4, 0.5) is 0 Å². The zero-order valence-electron chi connectivity index (χ0n) is 17.9. The number of rotatable bonds is 3. The van der Waals surface area contributed by atoms with Gasteiger partial charge in [0.1, 0.15) is 0 Å². The largest absolute Gasteiger partial charge is 0.361 e. The van der Waals surface area contributed by atoms with Crippen molar-refractivity contribution in [2.75, 3.05) is 19.6 Å². The molecule has 0 spiro atoms. The van der Waals surface area contributed by atoms with Gasteiger partial charge in [0.05, 0.1) is 5.69 Å². The number of fused-ring (bicyclic) bond motifs is 1. The van der Waals surface area contributed by atoms with E-state index in [-0.39, 0.29) is 17.9 Å². The smallest absolute Gasteiger partial charge is 0.254 e. The van der Waals surface area contributed by atoms with Crippen molar-refractivity contribution in [3.8, 4) is 11.3 Å². The minimum absolute atomic E-state index is 0.000753. The highest BCUT2D eigenvalue weighted by molar-refractivity contribution is 5.98. The van der Waals surface area contributed by atoms with E-state index in [1.165, 1.54) is 0 Å². The summed E-state index contributed by atoms with van der Waals surface area (Å²) in [5.41, 5.74) is 4.12. The summed E-state index contributed by atoms with van der Waals surface area (Å²) >= 11 is 0. The van der Waals surface area contributed by atoms with Crippen molar-refractivity contribution in [1.82, 2.24) is 19.8 Å². The lowest BCUT2D eigenvalue weighted by Gasteiger charge is -2.40. The Labute approximate surface area is 186 Å². The van der Waals surface area contributed by atoms with Crippen LogP contribution in [0, 0.1) is 0 Å². The van der Waals surface area contributed by atoms with Crippen LogP contribution in [0.15, 0.2) is 79.1 Å². The maximum atomic E-state index is 13.1. The summed E-state index contributed by atoms with van der Waals surface area (Å²) in [6.07, 6.45) is 3.63. The maximum Gasteiger partial charge on any atom is 0.254 e. The topological polar surface area (TPSA) is 69.3 Å². The van der Waals surface area contributed by atoms with Crippen LogP contribution >= 0.6 is 0 Å². The minimum Gasteiger partial charge on any atom is -0.361 e. The molecule has 4 aromatic rings. The first-order chi connectivity index (χ1) is 15.6. The van der Waals surface area contributed by atoms with Crippen molar-refractivity contribution < 1.29 is 9.59 Å². The molecule has 2 amide bonds. The second-order valence-electron chi connectivity index (χ2n) is 8.17. The maximum absolute atomic E-state index is 13.1. The molecule has 2 aromatic heterocycles. The van der Waals surface area contributed by atoms with E-state index in [2.05, 4.69) is 9.97 Å².